The molecule has 3 aliphatic carbocycles. The monoisotopic (exact) mass is 409 g/mol. The number of hydrogen-bond acceptors (Lipinski definition) is 5. The van der Waals surface area contributed by atoms with E-state index in [1.165, 1.54) is 24.3 Å². The lowest BCUT2D eigenvalue weighted by molar-refractivity contribution is -0.117. The quantitative estimate of drug-likeness (QED) is 0.717. The molecule has 1 unspecified atom stereocenters. The molecule has 1 aromatic heterocycles. The molecule has 5 aliphatic rings. The largest absolute Gasteiger partial charge is 0.351 e. The Kier molecular flexibility index (Phi) is 3.95. The maximum atomic E-state index is 13.2. The molecular weight excluding hydrogens is 385 g/mol. The minimum absolute atomic E-state index is 0.171. The Morgan fingerprint density at radius 2 is 1.93 bits per heavy atom. The molecule has 1 atom stereocenters. The number of rotatable bonds is 6. The fourth-order valence-electron chi connectivity index (χ4n) is 4.69. The van der Waals surface area contributed by atoms with E-state index in [4.69, 9.17) is 9.72 Å². The fraction of sp³-hybridized carbons (Fsp3) is 0.478. The first-order valence-corrected chi connectivity index (χ1v) is 10.7. The molecule has 7 heteroatoms. The number of aliphatic hydroxyl groups excluding tert-OH is 1. The fourth-order valence-corrected chi connectivity index (χ4v) is 4.69. The van der Waals surface area contributed by atoms with Crippen molar-refractivity contribution in [3.63, 3.8) is 0 Å². The number of nitrogens with one attached hydrogen (secondary N) is 1. The van der Waals surface area contributed by atoms with Gasteiger partial charge < -0.3 is 20.1 Å². The minimum Gasteiger partial charge on any atom is -0.351 e. The number of aliphatic hydroxyl groups is 1. The molecule has 2 N–H and O–H groups in total. The zero-order valence-corrected chi connectivity index (χ0v) is 16.6. The lowest BCUT2D eigenvalue weighted by atomic mass is 9.72. The predicted molar refractivity (Wildman–Crippen MR) is 107 cm³/mol. The molecule has 0 radical (unpaired) electrons. The molecule has 3 heterocycles. The SMILES string of the molecule is O=C(NC1(c2ccc3c(n2)C2CC(C2)N3C(O)OC2CC2)CC1)c1ccc(F)cc1. The lowest BCUT2D eigenvalue weighted by Crippen LogP contribution is -2.55. The average Bonchev–Trinajstić information content (AvgIpc) is 3.64. The second-order valence-electron chi connectivity index (χ2n) is 9.04. The Hall–Kier alpha value is -2.51. The topological polar surface area (TPSA) is 74.7 Å². The highest BCUT2D eigenvalue weighted by Gasteiger charge is 2.50. The van der Waals surface area contributed by atoms with Gasteiger partial charge >= 0.3 is 0 Å². The summed E-state index contributed by atoms with van der Waals surface area (Å²) in [6.45, 7) is 0. The van der Waals surface area contributed by atoms with Gasteiger partial charge in [-0.2, -0.15) is 0 Å². The van der Waals surface area contributed by atoms with E-state index in [-0.39, 0.29) is 17.8 Å². The summed E-state index contributed by atoms with van der Waals surface area (Å²) < 4.78 is 18.9. The maximum absolute atomic E-state index is 13.2. The highest BCUT2D eigenvalue weighted by atomic mass is 19.1. The van der Waals surface area contributed by atoms with E-state index in [2.05, 4.69) is 5.32 Å². The molecule has 2 bridgehead atoms. The molecule has 6 nitrogen and oxygen atoms in total. The molecule has 30 heavy (non-hydrogen) atoms. The summed E-state index contributed by atoms with van der Waals surface area (Å²) in [7, 11) is 0. The van der Waals surface area contributed by atoms with E-state index in [1.807, 2.05) is 17.0 Å². The summed E-state index contributed by atoms with van der Waals surface area (Å²) in [4.78, 5) is 19.6. The first kappa shape index (κ1) is 18.3. The number of hydrogen-bond donors (Lipinski definition) is 2. The molecule has 156 valence electrons. The standard InChI is InChI=1S/C23H24FN3O3/c24-15-3-1-13(2-4-15)21(28)26-23(9-10-23)19-8-7-18-20(25-19)14-11-16(12-14)27(18)22(29)30-17-5-6-17/h1-4,7-8,14,16-17,22,29H,5-6,9-12H2,(H,26,28). The van der Waals surface area contributed by atoms with Crippen molar-refractivity contribution in [2.45, 2.75) is 68.5 Å². The first-order chi connectivity index (χ1) is 14.5. The van der Waals surface area contributed by atoms with E-state index in [9.17, 15) is 14.3 Å². The van der Waals surface area contributed by atoms with Gasteiger partial charge in [0.25, 0.3) is 5.91 Å². The smallest absolute Gasteiger partial charge is 0.252 e. The zero-order chi connectivity index (χ0) is 20.5. The highest BCUT2D eigenvalue weighted by molar-refractivity contribution is 5.95. The second-order valence-corrected chi connectivity index (χ2v) is 9.04. The van der Waals surface area contributed by atoms with Crippen LogP contribution >= 0.6 is 0 Å². The van der Waals surface area contributed by atoms with Crippen LogP contribution in [0.5, 0.6) is 0 Å². The van der Waals surface area contributed by atoms with Crippen molar-refractivity contribution in [3.05, 3.63) is 59.2 Å². The van der Waals surface area contributed by atoms with Crippen molar-refractivity contribution in [3.8, 4) is 0 Å². The number of ether oxygens (including phenoxy) is 1. The van der Waals surface area contributed by atoms with Gasteiger partial charge in [-0.15, -0.1) is 0 Å². The predicted octanol–water partition coefficient (Wildman–Crippen LogP) is 3.16. The highest BCUT2D eigenvalue weighted by Crippen LogP contribution is 2.52. The summed E-state index contributed by atoms with van der Waals surface area (Å²) in [6.07, 6.45) is 4.88. The van der Waals surface area contributed by atoms with Gasteiger partial charge in [-0.25, -0.2) is 4.39 Å². The molecule has 1 amide bonds. The Bertz CT molecular complexity index is 997. The van der Waals surface area contributed by atoms with Crippen molar-refractivity contribution in [2.75, 3.05) is 4.90 Å². The van der Waals surface area contributed by atoms with Crippen LogP contribution in [0.4, 0.5) is 10.1 Å². The van der Waals surface area contributed by atoms with Crippen LogP contribution in [0.25, 0.3) is 0 Å². The van der Waals surface area contributed by atoms with Gasteiger partial charge in [0.05, 0.1) is 28.7 Å². The van der Waals surface area contributed by atoms with Crippen LogP contribution in [-0.2, 0) is 10.3 Å². The van der Waals surface area contributed by atoms with Crippen LogP contribution in [0.2, 0.25) is 0 Å². The summed E-state index contributed by atoms with van der Waals surface area (Å²) >= 11 is 0. The average molecular weight is 409 g/mol. The maximum Gasteiger partial charge on any atom is 0.252 e. The summed E-state index contributed by atoms with van der Waals surface area (Å²) in [6, 6.07) is 9.85. The number of halogens is 1. The Morgan fingerprint density at radius 1 is 1.20 bits per heavy atom. The van der Waals surface area contributed by atoms with Crippen LogP contribution in [0.3, 0.4) is 0 Å². The van der Waals surface area contributed by atoms with Crippen molar-refractivity contribution in [1.82, 2.24) is 10.3 Å². The number of amides is 1. The number of pyridine rings is 1. The summed E-state index contributed by atoms with van der Waals surface area (Å²) in [5.74, 6) is -0.177. The van der Waals surface area contributed by atoms with Crippen LogP contribution in [0.1, 0.15) is 66.2 Å². The van der Waals surface area contributed by atoms with Crippen LogP contribution in [-0.4, -0.2) is 34.6 Å². The molecule has 7 rings (SSSR count). The van der Waals surface area contributed by atoms with Crippen LogP contribution in [0.15, 0.2) is 36.4 Å². The van der Waals surface area contributed by atoms with Crippen molar-refractivity contribution in [1.29, 1.82) is 0 Å². The van der Waals surface area contributed by atoms with E-state index in [0.29, 0.717) is 17.5 Å². The van der Waals surface area contributed by atoms with Crippen molar-refractivity contribution >= 4 is 11.6 Å². The van der Waals surface area contributed by atoms with Crippen LogP contribution < -0.4 is 10.2 Å². The third-order valence-electron chi connectivity index (χ3n) is 6.85. The van der Waals surface area contributed by atoms with E-state index in [1.54, 1.807) is 0 Å². The molecular formula is C23H24FN3O3. The summed E-state index contributed by atoms with van der Waals surface area (Å²) in [5.41, 5.74) is 2.78. The molecule has 3 saturated carbocycles. The van der Waals surface area contributed by atoms with E-state index < -0.39 is 12.0 Å². The van der Waals surface area contributed by atoms with Gasteiger partial charge in [-0.05, 0) is 74.9 Å². The van der Waals surface area contributed by atoms with Gasteiger partial charge in [-0.1, -0.05) is 0 Å². The van der Waals surface area contributed by atoms with E-state index >= 15 is 0 Å². The normalized spacial score (nSPS) is 26.4. The molecule has 0 saturated heterocycles. The van der Waals surface area contributed by atoms with Crippen molar-refractivity contribution in [2.24, 2.45) is 0 Å². The Morgan fingerprint density at radius 3 is 2.60 bits per heavy atom. The molecule has 2 aliphatic heterocycles. The number of anilines is 1. The molecule has 3 fully saturated rings. The van der Waals surface area contributed by atoms with Gasteiger partial charge in [0.1, 0.15) is 5.82 Å². The van der Waals surface area contributed by atoms with Gasteiger partial charge in [0.2, 0.25) is 6.41 Å². The summed E-state index contributed by atoms with van der Waals surface area (Å²) in [5, 5.41) is 13.7. The molecule has 1 aromatic carbocycles. The lowest BCUT2D eigenvalue weighted by Gasteiger charge is -2.51. The molecule has 2 aromatic rings. The Labute approximate surface area is 174 Å². The zero-order valence-electron chi connectivity index (χ0n) is 16.6. The van der Waals surface area contributed by atoms with Gasteiger partial charge in [0.15, 0.2) is 0 Å². The number of benzene rings is 1. The third kappa shape index (κ3) is 2.99. The van der Waals surface area contributed by atoms with Gasteiger partial charge in [0, 0.05) is 17.5 Å². The number of nitrogens with zero attached hydrogens (tertiary/aromatic N) is 2. The number of carbonyl (C=O) groups excluding carboxylic acids is 1. The third-order valence-corrected chi connectivity index (χ3v) is 6.85. The molecule has 0 spiro atoms. The van der Waals surface area contributed by atoms with Crippen LogP contribution in [0, 0.1) is 5.82 Å². The van der Waals surface area contributed by atoms with E-state index in [0.717, 1.165) is 55.6 Å². The first-order valence-electron chi connectivity index (χ1n) is 10.7. The minimum atomic E-state index is -0.928. The van der Waals surface area contributed by atoms with Crippen molar-refractivity contribution < 1.29 is 19.0 Å². The number of carbonyl (C=O) groups is 1. The second kappa shape index (κ2) is 6.49. The Balaban J connectivity index is 1.25. The number of aromatic nitrogens is 1. The van der Waals surface area contributed by atoms with Gasteiger partial charge in [-0.3, -0.25) is 9.78 Å².